The molecule has 96 valence electrons. The van der Waals surface area contributed by atoms with Crippen molar-refractivity contribution in [2.75, 3.05) is 0 Å². The van der Waals surface area contributed by atoms with Crippen molar-refractivity contribution in [3.63, 3.8) is 0 Å². The molecule has 17 heavy (non-hydrogen) atoms. The fourth-order valence-electron chi connectivity index (χ4n) is 0.980. The molecule has 0 aliphatic carbocycles. The molecular formula is C16H27N. The Hall–Kier alpha value is -1.24. The molecule has 0 aromatic carbocycles. The highest BCUT2D eigenvalue weighted by atomic mass is 14.8. The van der Waals surface area contributed by atoms with Crippen LogP contribution in [0.25, 0.3) is 5.52 Å². The number of hydrogen-bond donors (Lipinski definition) is 0. The van der Waals surface area contributed by atoms with Gasteiger partial charge in [0.15, 0.2) is 0 Å². The van der Waals surface area contributed by atoms with Crippen LogP contribution in [0, 0.1) is 11.8 Å². The maximum atomic E-state index is 2.17. The summed E-state index contributed by atoms with van der Waals surface area (Å²) in [5.74, 6) is 1.67. The third kappa shape index (κ3) is 9.68. The molecule has 0 saturated heterocycles. The Labute approximate surface area is 106 Å². The van der Waals surface area contributed by atoms with Crippen LogP contribution in [0.3, 0.4) is 0 Å². The minimum absolute atomic E-state index is 0.833. The van der Waals surface area contributed by atoms with Gasteiger partial charge in [-0.15, -0.1) is 0 Å². The number of nitrogens with zero attached hydrogens (tertiary/aromatic N) is 1. The van der Waals surface area contributed by atoms with Gasteiger partial charge in [0.05, 0.1) is 0 Å². The van der Waals surface area contributed by atoms with E-state index in [0.717, 1.165) is 11.8 Å². The maximum Gasteiger partial charge on any atom is 0.0449 e. The van der Waals surface area contributed by atoms with E-state index < -0.39 is 0 Å². The van der Waals surface area contributed by atoms with Crippen LogP contribution in [0.1, 0.15) is 41.5 Å². The summed E-state index contributed by atoms with van der Waals surface area (Å²) in [5, 5.41) is 0. The van der Waals surface area contributed by atoms with Gasteiger partial charge >= 0.3 is 0 Å². The molecule has 0 N–H and O–H groups in total. The van der Waals surface area contributed by atoms with Crippen molar-refractivity contribution in [3.8, 4) is 0 Å². The summed E-state index contributed by atoms with van der Waals surface area (Å²) in [7, 11) is 0. The first-order valence-corrected chi connectivity index (χ1v) is 6.45. The van der Waals surface area contributed by atoms with Crippen molar-refractivity contribution < 1.29 is 0 Å². The van der Waals surface area contributed by atoms with Crippen LogP contribution in [0.15, 0.2) is 42.7 Å². The zero-order chi connectivity index (χ0) is 13.3. The van der Waals surface area contributed by atoms with Crippen LogP contribution >= 0.6 is 0 Å². The molecule has 0 atom stereocenters. The number of fused-ring (bicyclic) bond motifs is 1. The van der Waals surface area contributed by atoms with Gasteiger partial charge in [-0.2, -0.15) is 0 Å². The van der Waals surface area contributed by atoms with Crippen molar-refractivity contribution in [1.82, 2.24) is 4.40 Å². The van der Waals surface area contributed by atoms with E-state index in [9.17, 15) is 0 Å². The smallest absolute Gasteiger partial charge is 0.0449 e. The first-order chi connectivity index (χ1) is 7.93. The van der Waals surface area contributed by atoms with E-state index in [2.05, 4.69) is 58.1 Å². The largest absolute Gasteiger partial charge is 0.324 e. The Balaban J connectivity index is 0.000000274. The van der Waals surface area contributed by atoms with Crippen LogP contribution in [0.4, 0.5) is 0 Å². The lowest BCUT2D eigenvalue weighted by Gasteiger charge is -1.88. The minimum Gasteiger partial charge on any atom is -0.324 e. The first kappa shape index (κ1) is 15.8. The summed E-state index contributed by atoms with van der Waals surface area (Å²) >= 11 is 0. The van der Waals surface area contributed by atoms with E-state index >= 15 is 0 Å². The van der Waals surface area contributed by atoms with Crippen molar-refractivity contribution in [2.24, 2.45) is 11.8 Å². The van der Waals surface area contributed by atoms with E-state index in [1.165, 1.54) is 5.52 Å². The molecule has 1 nitrogen and oxygen atoms in total. The van der Waals surface area contributed by atoms with Gasteiger partial charge < -0.3 is 4.40 Å². The van der Waals surface area contributed by atoms with E-state index in [1.54, 1.807) is 0 Å². The molecule has 0 unspecified atom stereocenters. The van der Waals surface area contributed by atoms with Gasteiger partial charge in [-0.1, -0.05) is 47.6 Å². The van der Waals surface area contributed by atoms with E-state index in [0.29, 0.717) is 0 Å². The molecule has 0 amide bonds. The Kier molecular flexibility index (Phi) is 8.21. The summed E-state index contributed by atoms with van der Waals surface area (Å²) in [6, 6.07) is 10.3. The second-order valence-electron chi connectivity index (χ2n) is 5.51. The summed E-state index contributed by atoms with van der Waals surface area (Å²) in [6.45, 7) is 13.0. The number of aromatic nitrogens is 1. The topological polar surface area (TPSA) is 4.41 Å². The maximum absolute atomic E-state index is 2.17. The third-order valence-electron chi connectivity index (χ3n) is 1.44. The van der Waals surface area contributed by atoms with E-state index in [4.69, 9.17) is 0 Å². The minimum atomic E-state index is 0.833. The molecule has 0 spiro atoms. The van der Waals surface area contributed by atoms with Gasteiger partial charge in [0.25, 0.3) is 0 Å². The van der Waals surface area contributed by atoms with Gasteiger partial charge in [-0.3, -0.25) is 0 Å². The highest BCUT2D eigenvalue weighted by molar-refractivity contribution is 5.46. The van der Waals surface area contributed by atoms with Gasteiger partial charge in [0.1, 0.15) is 0 Å². The molecule has 0 bridgehead atoms. The Morgan fingerprint density at radius 2 is 1.12 bits per heavy atom. The van der Waals surface area contributed by atoms with Crippen molar-refractivity contribution in [3.05, 3.63) is 42.7 Å². The zero-order valence-electron chi connectivity index (χ0n) is 12.1. The molecule has 0 fully saturated rings. The first-order valence-electron chi connectivity index (χ1n) is 6.45. The predicted molar refractivity (Wildman–Crippen MR) is 78.4 cm³/mol. The lowest BCUT2D eigenvalue weighted by atomic mass is 10.3. The van der Waals surface area contributed by atoms with Crippen molar-refractivity contribution >= 4 is 5.52 Å². The Morgan fingerprint density at radius 1 is 0.706 bits per heavy atom. The molecule has 2 heterocycles. The SMILES string of the molecule is CC(C)C.CC(C)C.c1ccn2cccc2c1. The van der Waals surface area contributed by atoms with Crippen molar-refractivity contribution in [1.29, 1.82) is 0 Å². The standard InChI is InChI=1S/C8H7N.2C4H10/c1-2-6-9-7-3-5-8(9)4-1;2*1-4(2)3/h1-7H;2*4H,1-3H3. The number of rotatable bonds is 0. The zero-order valence-corrected chi connectivity index (χ0v) is 12.1. The summed E-state index contributed by atoms with van der Waals surface area (Å²) in [5.41, 5.74) is 1.25. The lowest BCUT2D eigenvalue weighted by Crippen LogP contribution is -1.75. The number of hydrogen-bond acceptors (Lipinski definition) is 0. The molecule has 2 rings (SSSR count). The monoisotopic (exact) mass is 233 g/mol. The molecule has 1 heteroatoms. The molecule has 0 aliphatic heterocycles. The Morgan fingerprint density at radius 3 is 1.59 bits per heavy atom. The molecule has 2 aromatic rings. The van der Waals surface area contributed by atoms with Crippen LogP contribution in [0.5, 0.6) is 0 Å². The lowest BCUT2D eigenvalue weighted by molar-refractivity contribution is 0.736. The summed E-state index contributed by atoms with van der Waals surface area (Å²) in [6.07, 6.45) is 4.07. The quantitative estimate of drug-likeness (QED) is 0.584. The van der Waals surface area contributed by atoms with E-state index in [1.807, 2.05) is 30.6 Å². The highest BCUT2D eigenvalue weighted by Crippen LogP contribution is 2.01. The average Bonchev–Trinajstić information content (AvgIpc) is 2.62. The fraction of sp³-hybridized carbons (Fsp3) is 0.500. The second kappa shape index (κ2) is 8.86. The van der Waals surface area contributed by atoms with Crippen molar-refractivity contribution in [2.45, 2.75) is 41.5 Å². The fourth-order valence-corrected chi connectivity index (χ4v) is 0.980. The van der Waals surface area contributed by atoms with Gasteiger partial charge in [0, 0.05) is 17.9 Å². The van der Waals surface area contributed by atoms with Gasteiger partial charge in [-0.05, 0) is 36.1 Å². The van der Waals surface area contributed by atoms with Crippen LogP contribution in [0.2, 0.25) is 0 Å². The predicted octanol–water partition coefficient (Wildman–Crippen LogP) is 5.26. The van der Waals surface area contributed by atoms with E-state index in [-0.39, 0.29) is 0 Å². The molecule has 0 aliphatic rings. The molecule has 0 saturated carbocycles. The highest BCUT2D eigenvalue weighted by Gasteiger charge is 1.83. The summed E-state index contributed by atoms with van der Waals surface area (Å²) in [4.78, 5) is 0. The third-order valence-corrected chi connectivity index (χ3v) is 1.44. The van der Waals surface area contributed by atoms with Crippen LogP contribution in [-0.2, 0) is 0 Å². The summed E-state index contributed by atoms with van der Waals surface area (Å²) < 4.78 is 2.08. The normalized spacial score (nSPS) is 9.65. The van der Waals surface area contributed by atoms with Crippen LogP contribution in [-0.4, -0.2) is 4.40 Å². The van der Waals surface area contributed by atoms with Crippen LogP contribution < -0.4 is 0 Å². The number of pyridine rings is 1. The Bertz CT molecular complexity index is 343. The van der Waals surface area contributed by atoms with Gasteiger partial charge in [-0.25, -0.2) is 0 Å². The molecular weight excluding hydrogens is 206 g/mol. The molecule has 0 radical (unpaired) electrons. The average molecular weight is 233 g/mol. The molecule has 2 aromatic heterocycles. The second-order valence-corrected chi connectivity index (χ2v) is 5.51. The van der Waals surface area contributed by atoms with Gasteiger partial charge in [0.2, 0.25) is 0 Å².